The number of rotatable bonds is 1. The zero-order valence-corrected chi connectivity index (χ0v) is 6.15. The van der Waals surface area contributed by atoms with Crippen LogP contribution < -0.4 is 5.32 Å². The third-order valence-electron chi connectivity index (χ3n) is 1.44. The van der Waals surface area contributed by atoms with Gasteiger partial charge in [-0.25, -0.2) is 0 Å². The second kappa shape index (κ2) is 3.04. The molecular weight excluding hydrogens is 134 g/mol. The zero-order valence-electron chi connectivity index (χ0n) is 5.39. The molecule has 0 aromatic heterocycles. The molecule has 0 fully saturated rings. The minimum atomic E-state index is 0.344. The summed E-state index contributed by atoms with van der Waals surface area (Å²) in [7, 11) is 1.92. The van der Waals surface area contributed by atoms with Gasteiger partial charge in [-0.15, -0.1) is 0 Å². The van der Waals surface area contributed by atoms with Crippen LogP contribution in [0.4, 0.5) is 0 Å². The summed E-state index contributed by atoms with van der Waals surface area (Å²) in [5.74, 6) is 0. The molecule has 1 atom stereocenters. The molecule has 1 aliphatic carbocycles. The number of allylic oxidation sites excluding steroid dienone is 2. The summed E-state index contributed by atoms with van der Waals surface area (Å²) in [4.78, 5) is 0. The largest absolute Gasteiger partial charge is 0.312 e. The molecule has 1 N–H and O–H groups in total. The topological polar surface area (TPSA) is 12.0 Å². The molecule has 0 aromatic carbocycles. The molecule has 2 heteroatoms. The third-order valence-corrected chi connectivity index (χ3v) is 1.83. The van der Waals surface area contributed by atoms with Gasteiger partial charge in [0.15, 0.2) is 0 Å². The summed E-state index contributed by atoms with van der Waals surface area (Å²) in [6.45, 7) is 0. The van der Waals surface area contributed by atoms with E-state index in [1.807, 2.05) is 19.2 Å². The fourth-order valence-corrected chi connectivity index (χ4v) is 1.13. The van der Waals surface area contributed by atoms with E-state index >= 15 is 0 Å². The van der Waals surface area contributed by atoms with Crippen LogP contribution in [0.25, 0.3) is 0 Å². The Bertz CT molecular complexity index is 149. The van der Waals surface area contributed by atoms with Crippen LogP contribution in [0.15, 0.2) is 23.3 Å². The van der Waals surface area contributed by atoms with Crippen molar-refractivity contribution in [2.24, 2.45) is 0 Å². The van der Waals surface area contributed by atoms with Gasteiger partial charge in [0.1, 0.15) is 0 Å². The molecule has 1 nitrogen and oxygen atoms in total. The van der Waals surface area contributed by atoms with Crippen molar-refractivity contribution in [3.05, 3.63) is 23.3 Å². The number of likely N-dealkylation sites (N-methyl/N-ethyl adjacent to an activating group) is 1. The van der Waals surface area contributed by atoms with E-state index in [9.17, 15) is 0 Å². The van der Waals surface area contributed by atoms with Crippen molar-refractivity contribution >= 4 is 11.6 Å². The lowest BCUT2D eigenvalue weighted by atomic mass is 10.1. The van der Waals surface area contributed by atoms with Crippen molar-refractivity contribution < 1.29 is 0 Å². The first-order chi connectivity index (χ1) is 4.34. The number of hydrogen-bond acceptors (Lipinski definition) is 1. The Morgan fingerprint density at radius 2 is 2.56 bits per heavy atom. The third kappa shape index (κ3) is 1.57. The van der Waals surface area contributed by atoms with Crippen LogP contribution in [0.2, 0.25) is 0 Å². The Kier molecular flexibility index (Phi) is 2.31. The van der Waals surface area contributed by atoms with Gasteiger partial charge in [0.05, 0.1) is 0 Å². The van der Waals surface area contributed by atoms with Gasteiger partial charge in [-0.2, -0.15) is 0 Å². The van der Waals surface area contributed by atoms with Crippen molar-refractivity contribution in [3.8, 4) is 0 Å². The molecule has 0 bridgehead atoms. The molecule has 1 unspecified atom stereocenters. The predicted octanol–water partition coefficient (Wildman–Crippen LogP) is 1.66. The van der Waals surface area contributed by atoms with Gasteiger partial charge in [-0.1, -0.05) is 23.8 Å². The Morgan fingerprint density at radius 1 is 1.78 bits per heavy atom. The van der Waals surface area contributed by atoms with Crippen molar-refractivity contribution in [1.82, 2.24) is 5.32 Å². The summed E-state index contributed by atoms with van der Waals surface area (Å²) in [6, 6.07) is 0.344. The van der Waals surface area contributed by atoms with Crippen molar-refractivity contribution in [2.75, 3.05) is 7.05 Å². The van der Waals surface area contributed by atoms with Crippen molar-refractivity contribution in [3.63, 3.8) is 0 Å². The molecule has 0 aliphatic heterocycles. The molecule has 0 aromatic rings. The van der Waals surface area contributed by atoms with Crippen LogP contribution in [0.3, 0.4) is 0 Å². The number of halogens is 1. The van der Waals surface area contributed by atoms with E-state index in [4.69, 9.17) is 11.6 Å². The maximum absolute atomic E-state index is 5.83. The molecule has 9 heavy (non-hydrogen) atoms. The van der Waals surface area contributed by atoms with Crippen molar-refractivity contribution in [1.29, 1.82) is 0 Å². The van der Waals surface area contributed by atoms with E-state index in [1.54, 1.807) is 0 Å². The van der Waals surface area contributed by atoms with Crippen LogP contribution in [-0.2, 0) is 0 Å². The molecule has 0 spiro atoms. The average Bonchev–Trinajstić information content (AvgIpc) is 1.89. The number of hydrogen-bond donors (Lipinski definition) is 1. The van der Waals surface area contributed by atoms with Gasteiger partial charge in [0, 0.05) is 11.1 Å². The highest BCUT2D eigenvalue weighted by Gasteiger charge is 2.08. The Morgan fingerprint density at radius 3 is 3.00 bits per heavy atom. The van der Waals surface area contributed by atoms with E-state index in [-0.39, 0.29) is 0 Å². The summed E-state index contributed by atoms with van der Waals surface area (Å²) in [5.41, 5.74) is 0. The van der Waals surface area contributed by atoms with E-state index < -0.39 is 0 Å². The summed E-state index contributed by atoms with van der Waals surface area (Å²) >= 11 is 5.83. The molecule has 1 aliphatic rings. The van der Waals surface area contributed by atoms with E-state index in [0.717, 1.165) is 11.5 Å². The zero-order chi connectivity index (χ0) is 6.69. The highest BCUT2D eigenvalue weighted by Crippen LogP contribution is 2.15. The lowest BCUT2D eigenvalue weighted by Crippen LogP contribution is -2.25. The first-order valence-electron chi connectivity index (χ1n) is 3.04. The fourth-order valence-electron chi connectivity index (χ4n) is 0.859. The van der Waals surface area contributed by atoms with E-state index in [1.165, 1.54) is 0 Å². The minimum Gasteiger partial charge on any atom is -0.312 e. The molecule has 0 saturated heterocycles. The van der Waals surface area contributed by atoms with Crippen LogP contribution in [0.5, 0.6) is 0 Å². The molecule has 0 heterocycles. The summed E-state index contributed by atoms with van der Waals surface area (Å²) in [6.07, 6.45) is 7.02. The Labute approximate surface area is 60.4 Å². The minimum absolute atomic E-state index is 0.344. The second-order valence-corrected chi connectivity index (χ2v) is 2.49. The molecule has 0 amide bonds. The maximum Gasteiger partial charge on any atom is 0.0461 e. The quantitative estimate of drug-likeness (QED) is 0.589. The smallest absolute Gasteiger partial charge is 0.0461 e. The normalized spacial score (nSPS) is 26.0. The summed E-state index contributed by atoms with van der Waals surface area (Å²) in [5, 5.41) is 4.00. The Balaban J connectivity index is 2.59. The SMILES string of the molecule is CNC1CC=CC=C1Cl. The van der Waals surface area contributed by atoms with Gasteiger partial charge < -0.3 is 5.32 Å². The van der Waals surface area contributed by atoms with Crippen molar-refractivity contribution in [2.45, 2.75) is 12.5 Å². The lowest BCUT2D eigenvalue weighted by molar-refractivity contribution is 0.661. The average molecular weight is 144 g/mol. The van der Waals surface area contributed by atoms with Crippen LogP contribution in [0, 0.1) is 0 Å². The van der Waals surface area contributed by atoms with Gasteiger partial charge >= 0.3 is 0 Å². The van der Waals surface area contributed by atoms with E-state index in [0.29, 0.717) is 6.04 Å². The van der Waals surface area contributed by atoms with Gasteiger partial charge in [-0.05, 0) is 19.5 Å². The van der Waals surface area contributed by atoms with Gasteiger partial charge in [-0.3, -0.25) is 0 Å². The van der Waals surface area contributed by atoms with Gasteiger partial charge in [0.25, 0.3) is 0 Å². The number of nitrogens with one attached hydrogen (secondary N) is 1. The second-order valence-electron chi connectivity index (χ2n) is 2.06. The monoisotopic (exact) mass is 143 g/mol. The van der Waals surface area contributed by atoms with Gasteiger partial charge in [0.2, 0.25) is 0 Å². The lowest BCUT2D eigenvalue weighted by Gasteiger charge is -2.14. The van der Waals surface area contributed by atoms with Crippen LogP contribution in [-0.4, -0.2) is 13.1 Å². The van der Waals surface area contributed by atoms with Crippen LogP contribution in [0.1, 0.15) is 6.42 Å². The fraction of sp³-hybridized carbons (Fsp3) is 0.429. The standard InChI is InChI=1S/C7H10ClN/c1-9-7-5-3-2-4-6(7)8/h2-4,7,9H,5H2,1H3. The maximum atomic E-state index is 5.83. The predicted molar refractivity (Wildman–Crippen MR) is 40.5 cm³/mol. The molecule has 0 saturated carbocycles. The summed E-state index contributed by atoms with van der Waals surface area (Å²) < 4.78 is 0. The Hall–Kier alpha value is -0.270. The highest BCUT2D eigenvalue weighted by molar-refractivity contribution is 6.30. The first-order valence-corrected chi connectivity index (χ1v) is 3.42. The van der Waals surface area contributed by atoms with Crippen LogP contribution >= 0.6 is 11.6 Å². The first kappa shape index (κ1) is 6.84. The van der Waals surface area contributed by atoms with E-state index in [2.05, 4.69) is 11.4 Å². The highest BCUT2D eigenvalue weighted by atomic mass is 35.5. The molecule has 50 valence electrons. The molecule has 0 radical (unpaired) electrons. The molecular formula is C7H10ClN. The molecule has 1 rings (SSSR count).